The third kappa shape index (κ3) is 5.22. The molecule has 1 spiro atoms. The van der Waals surface area contributed by atoms with Crippen LogP contribution in [0.25, 0.3) is 11.0 Å². The van der Waals surface area contributed by atoms with Crippen molar-refractivity contribution in [1.29, 1.82) is 0 Å². The molecule has 10 nitrogen and oxygen atoms in total. The second-order valence-electron chi connectivity index (χ2n) is 11.9. The average Bonchev–Trinajstić information content (AvgIpc) is 3.79. The molecule has 3 unspecified atom stereocenters. The molecule has 232 valence electrons. The lowest BCUT2D eigenvalue weighted by atomic mass is 9.70. The van der Waals surface area contributed by atoms with Gasteiger partial charge in [-0.15, -0.1) is 16.9 Å². The third-order valence-electron chi connectivity index (χ3n) is 9.33. The van der Waals surface area contributed by atoms with Gasteiger partial charge >= 0.3 is 0 Å². The Morgan fingerprint density at radius 2 is 1.67 bits per heavy atom. The predicted octanol–water partition coefficient (Wildman–Crippen LogP) is 2.89. The van der Waals surface area contributed by atoms with Crippen LogP contribution in [0.3, 0.4) is 0 Å². The van der Waals surface area contributed by atoms with Gasteiger partial charge in [0, 0.05) is 16.6 Å². The number of hydrogen-bond donors (Lipinski definition) is 3. The van der Waals surface area contributed by atoms with Gasteiger partial charge in [0.25, 0.3) is 0 Å². The number of aliphatic hydroxyl groups excluding tert-OH is 1. The molecule has 1 aromatic heterocycles. The minimum atomic E-state index is -0.896. The molecule has 3 aromatic carbocycles. The topological polar surface area (TPSA) is 129 Å². The maximum atomic E-state index is 14.6. The van der Waals surface area contributed by atoms with Crippen LogP contribution in [0.15, 0.2) is 84.9 Å². The smallest absolute Gasteiger partial charge is 0.245 e. The SMILES string of the molecule is O=C(NCn1nnc2ccccc21)C1N([C@@H](CO)Cc2ccccc2)C(=O)[C@@H]2[C@@H](C(=O)NCc3ccccc3)[C@@H]3SC12CC3Br. The molecule has 4 aromatic rings. The number of para-hydroxylation sites is 1. The molecule has 4 heterocycles. The molecular weight excluding hydrogens is 656 g/mol. The Hall–Kier alpha value is -3.74. The van der Waals surface area contributed by atoms with Crippen molar-refractivity contribution in [3.63, 3.8) is 0 Å². The first-order valence-corrected chi connectivity index (χ1v) is 16.9. The summed E-state index contributed by atoms with van der Waals surface area (Å²) in [5, 5.41) is 25.0. The molecule has 3 aliphatic rings. The van der Waals surface area contributed by atoms with Crippen molar-refractivity contribution in [1.82, 2.24) is 30.5 Å². The van der Waals surface area contributed by atoms with Crippen LogP contribution in [0.4, 0.5) is 0 Å². The number of likely N-dealkylation sites (tertiary alicyclic amines) is 1. The van der Waals surface area contributed by atoms with E-state index in [9.17, 15) is 19.5 Å². The Bertz CT molecular complexity index is 1720. The molecule has 3 saturated heterocycles. The molecule has 3 amide bonds. The zero-order chi connectivity index (χ0) is 31.1. The van der Waals surface area contributed by atoms with Crippen LogP contribution in [-0.2, 0) is 34.0 Å². The lowest BCUT2D eigenvalue weighted by Gasteiger charge is -2.37. The summed E-state index contributed by atoms with van der Waals surface area (Å²) in [5.74, 6) is -2.12. The summed E-state index contributed by atoms with van der Waals surface area (Å²) < 4.78 is 0.770. The van der Waals surface area contributed by atoms with Gasteiger partial charge in [-0.25, -0.2) is 4.68 Å². The van der Waals surface area contributed by atoms with Gasteiger partial charge in [0.1, 0.15) is 18.2 Å². The highest BCUT2D eigenvalue weighted by Crippen LogP contribution is 2.68. The van der Waals surface area contributed by atoms with E-state index in [0.717, 1.165) is 16.6 Å². The van der Waals surface area contributed by atoms with Gasteiger partial charge in [-0.1, -0.05) is 93.9 Å². The first-order valence-electron chi connectivity index (χ1n) is 15.1. The van der Waals surface area contributed by atoms with Crippen molar-refractivity contribution in [3.05, 3.63) is 96.1 Å². The van der Waals surface area contributed by atoms with Crippen LogP contribution < -0.4 is 10.6 Å². The molecule has 7 atom stereocenters. The molecule has 0 aliphatic carbocycles. The molecule has 0 saturated carbocycles. The number of aromatic nitrogens is 3. The summed E-state index contributed by atoms with van der Waals surface area (Å²) in [4.78, 5) is 44.3. The fourth-order valence-corrected chi connectivity index (χ4v) is 11.0. The highest BCUT2D eigenvalue weighted by atomic mass is 79.9. The number of benzene rings is 3. The lowest BCUT2D eigenvalue weighted by molar-refractivity contribution is -0.142. The number of rotatable bonds is 10. The van der Waals surface area contributed by atoms with Gasteiger partial charge in [0.2, 0.25) is 17.7 Å². The van der Waals surface area contributed by atoms with Gasteiger partial charge in [-0.05, 0) is 36.1 Å². The highest BCUT2D eigenvalue weighted by Gasteiger charge is 2.76. The third-order valence-corrected chi connectivity index (χ3v) is 12.5. The zero-order valence-electron chi connectivity index (χ0n) is 24.3. The van der Waals surface area contributed by atoms with Gasteiger partial charge in [0.05, 0.1) is 34.7 Å². The van der Waals surface area contributed by atoms with E-state index in [4.69, 9.17) is 0 Å². The number of nitrogens with one attached hydrogen (secondary N) is 2. The number of hydrogen-bond acceptors (Lipinski definition) is 7. The number of carbonyl (C=O) groups is 3. The van der Waals surface area contributed by atoms with Crippen molar-refractivity contribution < 1.29 is 19.5 Å². The molecule has 12 heteroatoms. The number of carbonyl (C=O) groups excluding carboxylic acids is 3. The van der Waals surface area contributed by atoms with E-state index in [2.05, 4.69) is 36.9 Å². The first kappa shape index (κ1) is 29.9. The minimum absolute atomic E-state index is 0.0600. The Balaban J connectivity index is 1.21. The van der Waals surface area contributed by atoms with Gasteiger partial charge in [0.15, 0.2) is 0 Å². The number of halogens is 1. The minimum Gasteiger partial charge on any atom is -0.394 e. The second kappa shape index (κ2) is 12.2. The maximum Gasteiger partial charge on any atom is 0.245 e. The molecule has 45 heavy (non-hydrogen) atoms. The standard InChI is InChI=1S/C33H33BrN6O4S/c34-23-16-33-27(26(28(23)45-33)30(42)35-17-21-11-5-2-6-12-21)32(44)40(22(18-41)15-20-9-3-1-4-10-20)29(33)31(43)36-19-39-25-14-8-7-13-24(25)37-38-39/h1-14,22-23,26-29,41H,15-19H2,(H,35,42)(H,36,43)/t22-,23?,26-,27+,28-,29?,33?/m1/s1. The van der Waals surface area contributed by atoms with E-state index in [1.807, 2.05) is 84.9 Å². The number of fused-ring (bicyclic) bond motifs is 2. The largest absolute Gasteiger partial charge is 0.394 e. The molecule has 3 aliphatic heterocycles. The van der Waals surface area contributed by atoms with Crippen molar-refractivity contribution in [2.75, 3.05) is 6.61 Å². The Labute approximate surface area is 273 Å². The van der Waals surface area contributed by atoms with Crippen LogP contribution in [0.2, 0.25) is 0 Å². The van der Waals surface area contributed by atoms with Crippen molar-refractivity contribution >= 4 is 56.4 Å². The summed E-state index contributed by atoms with van der Waals surface area (Å²) >= 11 is 5.39. The van der Waals surface area contributed by atoms with Gasteiger partial charge in [-0.3, -0.25) is 14.4 Å². The Kier molecular flexibility index (Phi) is 8.13. The van der Waals surface area contributed by atoms with Crippen molar-refractivity contribution in [3.8, 4) is 0 Å². The van der Waals surface area contributed by atoms with E-state index in [1.165, 1.54) is 0 Å². The summed E-state index contributed by atoms with van der Waals surface area (Å²) in [6, 6.07) is 25.2. The second-order valence-corrected chi connectivity index (χ2v) is 14.6. The van der Waals surface area contributed by atoms with E-state index in [1.54, 1.807) is 21.3 Å². The van der Waals surface area contributed by atoms with Crippen LogP contribution >= 0.6 is 27.7 Å². The number of amides is 3. The number of nitrogens with zero attached hydrogens (tertiary/aromatic N) is 4. The van der Waals surface area contributed by atoms with Crippen LogP contribution in [-0.4, -0.2) is 76.2 Å². The maximum absolute atomic E-state index is 14.6. The average molecular weight is 690 g/mol. The highest BCUT2D eigenvalue weighted by molar-refractivity contribution is 9.09. The molecule has 2 bridgehead atoms. The van der Waals surface area contributed by atoms with E-state index in [0.29, 0.717) is 24.9 Å². The van der Waals surface area contributed by atoms with Crippen molar-refractivity contribution in [2.45, 2.75) is 53.0 Å². The summed E-state index contributed by atoms with van der Waals surface area (Å²) in [5.41, 5.74) is 3.40. The predicted molar refractivity (Wildman–Crippen MR) is 174 cm³/mol. The Morgan fingerprint density at radius 3 is 2.40 bits per heavy atom. The summed E-state index contributed by atoms with van der Waals surface area (Å²) in [6.07, 6.45) is 0.922. The monoisotopic (exact) mass is 688 g/mol. The quantitative estimate of drug-likeness (QED) is 0.219. The van der Waals surface area contributed by atoms with E-state index >= 15 is 0 Å². The van der Waals surface area contributed by atoms with Crippen LogP contribution in [0.5, 0.6) is 0 Å². The Morgan fingerprint density at radius 1 is 0.978 bits per heavy atom. The fraction of sp³-hybridized carbons (Fsp3) is 0.364. The normalized spacial score (nSPS) is 27.5. The lowest BCUT2D eigenvalue weighted by Crippen LogP contribution is -2.57. The number of alkyl halides is 1. The number of aliphatic hydroxyl groups is 1. The molecule has 7 rings (SSSR count). The van der Waals surface area contributed by atoms with E-state index in [-0.39, 0.29) is 41.1 Å². The number of thioether (sulfide) groups is 1. The molecule has 3 N–H and O–H groups in total. The van der Waals surface area contributed by atoms with Gasteiger partial charge < -0.3 is 20.6 Å². The summed E-state index contributed by atoms with van der Waals surface area (Å²) in [7, 11) is 0. The van der Waals surface area contributed by atoms with Gasteiger partial charge in [-0.2, -0.15) is 0 Å². The fourth-order valence-electron chi connectivity index (χ4n) is 7.38. The first-order chi connectivity index (χ1) is 21.9. The molecular formula is C33H33BrN6O4S. The van der Waals surface area contributed by atoms with Crippen LogP contribution in [0, 0.1) is 11.8 Å². The molecule has 3 fully saturated rings. The molecule has 0 radical (unpaired) electrons. The zero-order valence-corrected chi connectivity index (χ0v) is 26.7. The summed E-state index contributed by atoms with van der Waals surface area (Å²) in [6.45, 7) is 0.0900. The van der Waals surface area contributed by atoms with E-state index < -0.39 is 28.7 Å². The van der Waals surface area contributed by atoms with Crippen LogP contribution in [0.1, 0.15) is 17.5 Å². The van der Waals surface area contributed by atoms with Crippen molar-refractivity contribution in [2.24, 2.45) is 11.8 Å².